The number of rotatable bonds is 5. The summed E-state index contributed by atoms with van der Waals surface area (Å²) in [7, 11) is -2.47. The van der Waals surface area contributed by atoms with E-state index in [9.17, 15) is 17.6 Å². The van der Waals surface area contributed by atoms with Gasteiger partial charge < -0.3 is 9.88 Å². The van der Waals surface area contributed by atoms with Gasteiger partial charge in [0.25, 0.3) is 15.9 Å². The van der Waals surface area contributed by atoms with E-state index in [1.807, 2.05) is 0 Å². The summed E-state index contributed by atoms with van der Waals surface area (Å²) in [6.45, 7) is 0. The van der Waals surface area contributed by atoms with Gasteiger partial charge >= 0.3 is 0 Å². The van der Waals surface area contributed by atoms with Crippen molar-refractivity contribution in [3.8, 4) is 0 Å². The Hall–Kier alpha value is -3.21. The number of aromatic nitrogens is 3. The van der Waals surface area contributed by atoms with E-state index in [1.54, 1.807) is 29.8 Å². The van der Waals surface area contributed by atoms with Crippen LogP contribution in [0.15, 0.2) is 59.8 Å². The summed E-state index contributed by atoms with van der Waals surface area (Å²) in [5, 5.41) is 3.65. The Bertz CT molecular complexity index is 1460. The number of amides is 1. The topological polar surface area (TPSA) is 106 Å². The number of anilines is 2. The number of sulfonamides is 1. The molecule has 0 aliphatic rings. The molecule has 2 N–H and O–H groups in total. The van der Waals surface area contributed by atoms with E-state index < -0.39 is 21.7 Å². The van der Waals surface area contributed by atoms with Crippen LogP contribution in [0.2, 0.25) is 10.0 Å². The Morgan fingerprint density at radius 1 is 1.09 bits per heavy atom. The van der Waals surface area contributed by atoms with Crippen molar-refractivity contribution in [1.29, 1.82) is 0 Å². The fraction of sp³-hybridized carbons (Fsp3) is 0.0500. The van der Waals surface area contributed by atoms with Crippen LogP contribution in [-0.2, 0) is 17.1 Å². The van der Waals surface area contributed by atoms with Crippen molar-refractivity contribution in [2.24, 2.45) is 7.05 Å². The van der Waals surface area contributed by atoms with Gasteiger partial charge in [-0.3, -0.25) is 4.79 Å². The van der Waals surface area contributed by atoms with Crippen molar-refractivity contribution >= 4 is 61.7 Å². The first-order chi connectivity index (χ1) is 15.2. The number of carbonyl (C=O) groups is 1. The number of halogens is 3. The van der Waals surface area contributed by atoms with Crippen LogP contribution in [0, 0.1) is 5.82 Å². The lowest BCUT2D eigenvalue weighted by molar-refractivity contribution is 0.101. The maximum atomic E-state index is 14.6. The van der Waals surface area contributed by atoms with Crippen molar-refractivity contribution < 1.29 is 17.6 Å². The summed E-state index contributed by atoms with van der Waals surface area (Å²) in [6, 6.07) is 9.49. The molecule has 8 nitrogen and oxygen atoms in total. The molecule has 0 saturated heterocycles. The minimum atomic E-state index is -4.13. The van der Waals surface area contributed by atoms with E-state index in [4.69, 9.17) is 23.2 Å². The first-order valence-corrected chi connectivity index (χ1v) is 11.3. The molecule has 0 fully saturated rings. The van der Waals surface area contributed by atoms with Crippen molar-refractivity contribution in [3.63, 3.8) is 0 Å². The molecular weight excluding hydrogens is 480 g/mol. The van der Waals surface area contributed by atoms with Crippen LogP contribution in [0.1, 0.15) is 10.5 Å². The average molecular weight is 494 g/mol. The van der Waals surface area contributed by atoms with Crippen LogP contribution in [0.5, 0.6) is 0 Å². The Morgan fingerprint density at radius 3 is 2.50 bits per heavy atom. The van der Waals surface area contributed by atoms with Gasteiger partial charge in [-0.15, -0.1) is 0 Å². The second-order valence-electron chi connectivity index (χ2n) is 6.66. The van der Waals surface area contributed by atoms with Gasteiger partial charge in [0.2, 0.25) is 5.95 Å². The summed E-state index contributed by atoms with van der Waals surface area (Å²) in [6.07, 6.45) is 2.72. The van der Waals surface area contributed by atoms with E-state index >= 15 is 0 Å². The smallest absolute Gasteiger partial charge is 0.272 e. The Morgan fingerprint density at radius 2 is 1.81 bits per heavy atom. The predicted molar refractivity (Wildman–Crippen MR) is 120 cm³/mol. The molecule has 32 heavy (non-hydrogen) atoms. The third kappa shape index (κ3) is 4.12. The van der Waals surface area contributed by atoms with E-state index in [2.05, 4.69) is 20.0 Å². The second kappa shape index (κ2) is 8.38. The fourth-order valence-electron chi connectivity index (χ4n) is 3.05. The molecule has 4 aromatic rings. The van der Waals surface area contributed by atoms with E-state index in [1.165, 1.54) is 18.5 Å². The van der Waals surface area contributed by atoms with Crippen molar-refractivity contribution in [2.75, 3.05) is 10.0 Å². The standard InChI is InChI=1S/C20H14Cl2FN5O3S/c1-28-16-6-4-13(21)18(22)12(16)10-17(28)19(29)26-15-5-3-11(9-14(15)23)32(30,31)27-20-24-7-2-8-25-20/h2-10H,1H3,(H,26,29)(H,24,25,27). The van der Waals surface area contributed by atoms with Crippen LogP contribution < -0.4 is 10.0 Å². The zero-order valence-corrected chi connectivity index (χ0v) is 18.6. The molecule has 0 spiro atoms. The van der Waals surface area contributed by atoms with Crippen molar-refractivity contribution in [2.45, 2.75) is 4.90 Å². The van der Waals surface area contributed by atoms with Crippen LogP contribution in [0.3, 0.4) is 0 Å². The predicted octanol–water partition coefficient (Wildman–Crippen LogP) is 4.47. The Kier molecular flexibility index (Phi) is 5.76. The van der Waals surface area contributed by atoms with Crippen LogP contribution in [0.25, 0.3) is 10.9 Å². The number of nitrogens with zero attached hydrogens (tertiary/aromatic N) is 3. The SMILES string of the molecule is Cn1c(C(=O)Nc2ccc(S(=O)(=O)Nc3ncccn3)cc2F)cc2c(Cl)c(Cl)ccc21. The van der Waals surface area contributed by atoms with Gasteiger partial charge in [-0.05, 0) is 42.5 Å². The first-order valence-electron chi connectivity index (χ1n) is 9.01. The van der Waals surface area contributed by atoms with Gasteiger partial charge in [-0.25, -0.2) is 27.5 Å². The summed E-state index contributed by atoms with van der Waals surface area (Å²) in [4.78, 5) is 19.9. The molecule has 1 amide bonds. The molecule has 4 rings (SSSR count). The Balaban J connectivity index is 1.59. The highest BCUT2D eigenvalue weighted by Gasteiger charge is 2.20. The number of aryl methyl sites for hydroxylation is 1. The molecule has 0 saturated carbocycles. The number of fused-ring (bicyclic) bond motifs is 1. The summed E-state index contributed by atoms with van der Waals surface area (Å²) < 4.78 is 43.3. The number of carbonyl (C=O) groups excluding carboxylic acids is 1. The third-order valence-electron chi connectivity index (χ3n) is 4.64. The lowest BCUT2D eigenvalue weighted by atomic mass is 10.2. The van der Waals surface area contributed by atoms with Gasteiger partial charge in [0.1, 0.15) is 11.5 Å². The molecule has 2 aromatic heterocycles. The highest BCUT2D eigenvalue weighted by Crippen LogP contribution is 2.33. The molecule has 0 bridgehead atoms. The highest BCUT2D eigenvalue weighted by atomic mass is 35.5. The zero-order valence-electron chi connectivity index (χ0n) is 16.3. The number of benzene rings is 2. The minimum Gasteiger partial charge on any atom is -0.340 e. The largest absolute Gasteiger partial charge is 0.340 e. The quantitative estimate of drug-likeness (QED) is 0.426. The van der Waals surface area contributed by atoms with Gasteiger partial charge in [0.15, 0.2) is 0 Å². The molecule has 0 unspecified atom stereocenters. The molecule has 0 atom stereocenters. The average Bonchev–Trinajstić information content (AvgIpc) is 3.10. The maximum Gasteiger partial charge on any atom is 0.272 e. The molecule has 164 valence electrons. The van der Waals surface area contributed by atoms with E-state index in [0.717, 1.165) is 18.2 Å². The second-order valence-corrected chi connectivity index (χ2v) is 9.12. The zero-order chi connectivity index (χ0) is 23.0. The lowest BCUT2D eigenvalue weighted by Gasteiger charge is -2.10. The fourth-order valence-corrected chi connectivity index (χ4v) is 4.40. The lowest BCUT2D eigenvalue weighted by Crippen LogP contribution is -2.18. The molecule has 0 radical (unpaired) electrons. The molecule has 12 heteroatoms. The molecular formula is C20H14Cl2FN5O3S. The van der Waals surface area contributed by atoms with Crippen LogP contribution in [-0.4, -0.2) is 28.9 Å². The van der Waals surface area contributed by atoms with E-state index in [0.29, 0.717) is 20.9 Å². The number of nitrogens with one attached hydrogen (secondary N) is 2. The minimum absolute atomic E-state index is 0.153. The normalized spacial score (nSPS) is 11.5. The van der Waals surface area contributed by atoms with E-state index in [-0.39, 0.29) is 22.2 Å². The monoisotopic (exact) mass is 493 g/mol. The van der Waals surface area contributed by atoms with Gasteiger partial charge in [-0.1, -0.05) is 23.2 Å². The molecule has 0 aliphatic carbocycles. The molecule has 2 heterocycles. The van der Waals surface area contributed by atoms with Crippen LogP contribution >= 0.6 is 23.2 Å². The van der Waals surface area contributed by atoms with Crippen LogP contribution in [0.4, 0.5) is 16.0 Å². The van der Waals surface area contributed by atoms with Gasteiger partial charge in [0.05, 0.1) is 20.6 Å². The summed E-state index contributed by atoms with van der Waals surface area (Å²) >= 11 is 12.2. The van der Waals surface area contributed by atoms with Crippen molar-refractivity contribution in [1.82, 2.24) is 14.5 Å². The van der Waals surface area contributed by atoms with Gasteiger partial charge in [-0.2, -0.15) is 0 Å². The van der Waals surface area contributed by atoms with Gasteiger partial charge in [0, 0.05) is 30.3 Å². The third-order valence-corrected chi connectivity index (χ3v) is 6.78. The Labute approximate surface area is 192 Å². The summed E-state index contributed by atoms with van der Waals surface area (Å²) in [5.74, 6) is -1.70. The highest BCUT2D eigenvalue weighted by molar-refractivity contribution is 7.92. The van der Waals surface area contributed by atoms with Crippen molar-refractivity contribution in [3.05, 3.63) is 76.4 Å². The first kappa shape index (κ1) is 22.0. The number of hydrogen-bond acceptors (Lipinski definition) is 5. The number of hydrogen-bond donors (Lipinski definition) is 2. The molecule has 0 aliphatic heterocycles. The summed E-state index contributed by atoms with van der Waals surface area (Å²) in [5.41, 5.74) is 0.683. The molecule has 2 aromatic carbocycles. The maximum absolute atomic E-state index is 14.6.